The van der Waals surface area contributed by atoms with E-state index in [0.717, 1.165) is 13.1 Å². The number of carbonyl (C=O) groups excluding carboxylic acids is 2. The van der Waals surface area contributed by atoms with Crippen LogP contribution in [0, 0.1) is 0 Å². The first kappa shape index (κ1) is 28.9. The summed E-state index contributed by atoms with van der Waals surface area (Å²) in [6.45, 7) is 17.3. The molecule has 0 bridgehead atoms. The lowest BCUT2D eigenvalue weighted by atomic mass is 10.1. The van der Waals surface area contributed by atoms with E-state index in [1.807, 2.05) is 37.6 Å². The van der Waals surface area contributed by atoms with Gasteiger partial charge in [-0.2, -0.15) is 0 Å². The van der Waals surface area contributed by atoms with E-state index < -0.39 is 11.7 Å². The molecule has 0 aromatic carbocycles. The standard InChI is InChI=1S/C26H40N8O4/c1-7-8-22(32(6)18-28-19(2)33-11-13-37-14-12-33)31-24(35)15-21-27-10-9-23(30-21)34-16-20(17-34)29-25(36)38-26(3,4)5/h7,9-10,18,20,22H,1-2,8,11-17H2,3-6H3,(H,29,36)(H,31,35). The van der Waals surface area contributed by atoms with Crippen LogP contribution in [-0.2, 0) is 20.7 Å². The second-order valence-electron chi connectivity index (χ2n) is 10.3. The molecule has 38 heavy (non-hydrogen) atoms. The van der Waals surface area contributed by atoms with Crippen molar-refractivity contribution in [1.29, 1.82) is 0 Å². The summed E-state index contributed by atoms with van der Waals surface area (Å²) in [7, 11) is 1.84. The molecule has 0 saturated carbocycles. The summed E-state index contributed by atoms with van der Waals surface area (Å²) in [5, 5.41) is 5.85. The normalized spacial score (nSPS) is 16.9. The van der Waals surface area contributed by atoms with Gasteiger partial charge < -0.3 is 34.8 Å². The zero-order valence-electron chi connectivity index (χ0n) is 22.9. The molecule has 0 aliphatic carbocycles. The number of nitrogens with zero attached hydrogens (tertiary/aromatic N) is 6. The van der Waals surface area contributed by atoms with Crippen molar-refractivity contribution in [3.63, 3.8) is 0 Å². The maximum absolute atomic E-state index is 12.8. The number of rotatable bonds is 11. The van der Waals surface area contributed by atoms with Gasteiger partial charge in [-0.15, -0.1) is 6.58 Å². The second-order valence-corrected chi connectivity index (χ2v) is 10.3. The number of anilines is 1. The van der Waals surface area contributed by atoms with Gasteiger partial charge in [0.15, 0.2) is 0 Å². The lowest BCUT2D eigenvalue weighted by Gasteiger charge is -2.40. The molecule has 1 unspecified atom stereocenters. The SMILES string of the molecule is C=CCC(NC(=O)Cc1nccc(N2CC(NC(=O)OC(C)(C)C)C2)n1)N(C)C=NC(=C)N1CCOCC1. The maximum atomic E-state index is 12.8. The summed E-state index contributed by atoms with van der Waals surface area (Å²) in [6, 6.07) is 1.76. The van der Waals surface area contributed by atoms with E-state index >= 15 is 0 Å². The Labute approximate surface area is 224 Å². The van der Waals surface area contributed by atoms with Crippen molar-refractivity contribution in [2.45, 2.75) is 51.4 Å². The predicted octanol–water partition coefficient (Wildman–Crippen LogP) is 1.51. The first-order valence-electron chi connectivity index (χ1n) is 12.8. The second kappa shape index (κ2) is 13.2. The predicted molar refractivity (Wildman–Crippen MR) is 146 cm³/mol. The molecule has 1 atom stereocenters. The molecule has 2 fully saturated rings. The summed E-state index contributed by atoms with van der Waals surface area (Å²) in [4.78, 5) is 43.9. The zero-order valence-corrected chi connectivity index (χ0v) is 22.9. The molecule has 2 aliphatic heterocycles. The molecular weight excluding hydrogens is 488 g/mol. The van der Waals surface area contributed by atoms with Crippen molar-refractivity contribution < 1.29 is 19.1 Å². The van der Waals surface area contributed by atoms with E-state index in [0.29, 0.717) is 50.2 Å². The summed E-state index contributed by atoms with van der Waals surface area (Å²) in [6.07, 6.45) is 4.83. The van der Waals surface area contributed by atoms with Gasteiger partial charge in [0.1, 0.15) is 29.2 Å². The van der Waals surface area contributed by atoms with Gasteiger partial charge in [0.25, 0.3) is 0 Å². The highest BCUT2D eigenvalue weighted by Crippen LogP contribution is 2.19. The Bertz CT molecular complexity index is 1010. The van der Waals surface area contributed by atoms with Crippen LogP contribution in [0.3, 0.4) is 0 Å². The van der Waals surface area contributed by atoms with Crippen LogP contribution in [0.15, 0.2) is 42.3 Å². The van der Waals surface area contributed by atoms with Crippen LogP contribution in [0.5, 0.6) is 0 Å². The van der Waals surface area contributed by atoms with Crippen molar-refractivity contribution in [3.05, 3.63) is 43.1 Å². The number of hydrogen-bond acceptors (Lipinski definition) is 9. The number of aliphatic imine (C=N–C) groups is 1. The zero-order chi connectivity index (χ0) is 27.7. The highest BCUT2D eigenvalue weighted by Gasteiger charge is 2.31. The van der Waals surface area contributed by atoms with Crippen LogP contribution < -0.4 is 15.5 Å². The van der Waals surface area contributed by atoms with Gasteiger partial charge in [0.2, 0.25) is 5.91 Å². The molecule has 12 heteroatoms. The molecule has 3 rings (SSSR count). The van der Waals surface area contributed by atoms with Crippen LogP contribution in [0.25, 0.3) is 0 Å². The molecule has 2 saturated heterocycles. The average Bonchev–Trinajstić information content (AvgIpc) is 2.83. The topological polar surface area (TPSA) is 125 Å². The van der Waals surface area contributed by atoms with Crippen molar-refractivity contribution in [1.82, 2.24) is 30.4 Å². The molecule has 2 N–H and O–H groups in total. The van der Waals surface area contributed by atoms with Gasteiger partial charge in [-0.25, -0.2) is 19.8 Å². The monoisotopic (exact) mass is 528 g/mol. The van der Waals surface area contributed by atoms with E-state index in [1.54, 1.807) is 24.7 Å². The molecule has 12 nitrogen and oxygen atoms in total. The number of hydrogen-bond donors (Lipinski definition) is 2. The smallest absolute Gasteiger partial charge is 0.407 e. The molecule has 208 valence electrons. The Hall–Kier alpha value is -3.67. The van der Waals surface area contributed by atoms with Crippen molar-refractivity contribution in [3.8, 4) is 0 Å². The summed E-state index contributed by atoms with van der Waals surface area (Å²) in [5.41, 5.74) is -0.542. The highest BCUT2D eigenvalue weighted by atomic mass is 16.6. The van der Waals surface area contributed by atoms with E-state index in [2.05, 4.69) is 43.7 Å². The van der Waals surface area contributed by atoms with Gasteiger partial charge in [-0.3, -0.25) is 4.79 Å². The number of amides is 2. The fourth-order valence-electron chi connectivity index (χ4n) is 3.89. The molecule has 0 radical (unpaired) electrons. The third-order valence-corrected chi connectivity index (χ3v) is 5.91. The Kier molecular flexibility index (Phi) is 10.1. The largest absolute Gasteiger partial charge is 0.444 e. The lowest BCUT2D eigenvalue weighted by molar-refractivity contribution is -0.121. The maximum Gasteiger partial charge on any atom is 0.407 e. The van der Waals surface area contributed by atoms with E-state index in [9.17, 15) is 9.59 Å². The minimum absolute atomic E-state index is 0.0252. The van der Waals surface area contributed by atoms with Crippen molar-refractivity contribution in [2.24, 2.45) is 4.99 Å². The average molecular weight is 529 g/mol. The molecule has 2 amide bonds. The van der Waals surface area contributed by atoms with Gasteiger partial charge in [-0.05, 0) is 26.8 Å². The van der Waals surface area contributed by atoms with Crippen LogP contribution >= 0.6 is 0 Å². The summed E-state index contributed by atoms with van der Waals surface area (Å²) < 4.78 is 10.7. The Morgan fingerprint density at radius 2 is 2.05 bits per heavy atom. The number of morpholine rings is 1. The fraction of sp³-hybridized carbons (Fsp3) is 0.577. The Morgan fingerprint density at radius 1 is 1.34 bits per heavy atom. The number of carbonyl (C=O) groups is 2. The molecule has 3 heterocycles. The fourth-order valence-corrected chi connectivity index (χ4v) is 3.89. The summed E-state index contributed by atoms with van der Waals surface area (Å²) >= 11 is 0. The first-order chi connectivity index (χ1) is 18.0. The van der Waals surface area contributed by atoms with Crippen LogP contribution in [0.4, 0.5) is 10.6 Å². The molecule has 0 spiro atoms. The third-order valence-electron chi connectivity index (χ3n) is 5.91. The van der Waals surface area contributed by atoms with Crippen molar-refractivity contribution in [2.75, 3.05) is 51.3 Å². The Morgan fingerprint density at radius 3 is 2.71 bits per heavy atom. The van der Waals surface area contributed by atoms with E-state index in [-0.39, 0.29) is 24.5 Å². The number of alkyl carbamates (subject to hydrolysis) is 1. The minimum Gasteiger partial charge on any atom is -0.444 e. The quantitative estimate of drug-likeness (QED) is 0.190. The van der Waals surface area contributed by atoms with Gasteiger partial charge >= 0.3 is 6.09 Å². The number of aromatic nitrogens is 2. The minimum atomic E-state index is -0.542. The molecular formula is C26H40N8O4. The lowest BCUT2D eigenvalue weighted by Crippen LogP contribution is -2.60. The van der Waals surface area contributed by atoms with Gasteiger partial charge in [0.05, 0.1) is 32.0 Å². The summed E-state index contributed by atoms with van der Waals surface area (Å²) in [5.74, 6) is 1.56. The van der Waals surface area contributed by atoms with Crippen LogP contribution in [0.1, 0.15) is 33.0 Å². The Balaban J connectivity index is 1.49. The van der Waals surface area contributed by atoms with E-state index in [4.69, 9.17) is 9.47 Å². The highest BCUT2D eigenvalue weighted by molar-refractivity contribution is 5.78. The van der Waals surface area contributed by atoms with Crippen molar-refractivity contribution >= 4 is 24.2 Å². The molecule has 1 aromatic rings. The van der Waals surface area contributed by atoms with Crippen LogP contribution in [-0.4, -0.2) is 102 Å². The first-order valence-corrected chi connectivity index (χ1v) is 12.8. The molecule has 1 aromatic heterocycles. The number of ether oxygens (including phenoxy) is 2. The van der Waals surface area contributed by atoms with Gasteiger partial charge in [0, 0.05) is 45.8 Å². The number of nitrogens with one attached hydrogen (secondary N) is 2. The third kappa shape index (κ3) is 9.02. The van der Waals surface area contributed by atoms with Gasteiger partial charge in [-0.1, -0.05) is 12.7 Å². The molecule has 2 aliphatic rings. The van der Waals surface area contributed by atoms with Crippen LogP contribution in [0.2, 0.25) is 0 Å². The van der Waals surface area contributed by atoms with E-state index in [1.165, 1.54) is 0 Å².